The Morgan fingerprint density at radius 1 is 1.33 bits per heavy atom. The van der Waals surface area contributed by atoms with Gasteiger partial charge in [-0.25, -0.2) is 4.98 Å². The number of amides is 1. The number of rotatable bonds is 6. The van der Waals surface area contributed by atoms with Crippen LogP contribution in [0.5, 0.6) is 0 Å². The fraction of sp³-hybridized carbons (Fsp3) is 0.615. The highest BCUT2D eigenvalue weighted by Gasteiger charge is 2.16. The van der Waals surface area contributed by atoms with Crippen LogP contribution in [0.25, 0.3) is 0 Å². The predicted octanol–water partition coefficient (Wildman–Crippen LogP) is 2.07. The highest BCUT2D eigenvalue weighted by Crippen LogP contribution is 2.07. The van der Waals surface area contributed by atoms with E-state index in [0.29, 0.717) is 17.4 Å². The van der Waals surface area contributed by atoms with E-state index in [-0.39, 0.29) is 11.9 Å². The van der Waals surface area contributed by atoms with Gasteiger partial charge in [-0.05, 0) is 19.3 Å². The minimum absolute atomic E-state index is 0.164. The Kier molecular flexibility index (Phi) is 5.55. The largest absolute Gasteiger partial charge is 0.369 e. The van der Waals surface area contributed by atoms with Crippen LogP contribution in [0.4, 0.5) is 5.82 Å². The third-order valence-corrected chi connectivity index (χ3v) is 2.79. The molecule has 0 aliphatic carbocycles. The molecule has 1 amide bonds. The van der Waals surface area contributed by atoms with E-state index in [2.05, 4.69) is 41.4 Å². The summed E-state index contributed by atoms with van der Waals surface area (Å²) in [5.41, 5.74) is 0.354. The van der Waals surface area contributed by atoms with Crippen LogP contribution in [0, 0.1) is 5.92 Å². The average Bonchev–Trinajstić information content (AvgIpc) is 2.36. The zero-order valence-electron chi connectivity index (χ0n) is 11.5. The quantitative estimate of drug-likeness (QED) is 0.811. The summed E-state index contributed by atoms with van der Waals surface area (Å²) in [6.45, 7) is 8.97. The number of hydrogen-bond acceptors (Lipinski definition) is 4. The van der Waals surface area contributed by atoms with Crippen LogP contribution in [0.3, 0.4) is 0 Å². The van der Waals surface area contributed by atoms with Gasteiger partial charge in [-0.1, -0.05) is 20.8 Å². The SMILES string of the molecule is CCNc1cncc(C(=O)NC(CC)C(C)C)n1. The molecule has 0 spiro atoms. The lowest BCUT2D eigenvalue weighted by atomic mass is 10.0. The summed E-state index contributed by atoms with van der Waals surface area (Å²) in [5, 5.41) is 6.02. The molecule has 18 heavy (non-hydrogen) atoms. The highest BCUT2D eigenvalue weighted by molar-refractivity contribution is 5.92. The number of aromatic nitrogens is 2. The first-order valence-corrected chi connectivity index (χ1v) is 6.45. The fourth-order valence-electron chi connectivity index (χ4n) is 1.72. The van der Waals surface area contributed by atoms with E-state index in [0.717, 1.165) is 13.0 Å². The van der Waals surface area contributed by atoms with Crippen LogP contribution in [0.1, 0.15) is 44.6 Å². The zero-order valence-corrected chi connectivity index (χ0v) is 11.5. The van der Waals surface area contributed by atoms with Crippen molar-refractivity contribution < 1.29 is 4.79 Å². The third-order valence-electron chi connectivity index (χ3n) is 2.79. The first-order chi connectivity index (χ1) is 8.58. The summed E-state index contributed by atoms with van der Waals surface area (Å²) in [5.74, 6) is 0.870. The number of carbonyl (C=O) groups is 1. The zero-order chi connectivity index (χ0) is 13.5. The number of nitrogens with zero attached hydrogens (tertiary/aromatic N) is 2. The number of anilines is 1. The maximum atomic E-state index is 12.0. The van der Waals surface area contributed by atoms with Crippen molar-refractivity contribution in [2.75, 3.05) is 11.9 Å². The first-order valence-electron chi connectivity index (χ1n) is 6.45. The second-order valence-corrected chi connectivity index (χ2v) is 4.55. The Morgan fingerprint density at radius 3 is 2.61 bits per heavy atom. The standard InChI is InChI=1S/C13H22N4O/c1-5-10(9(3)4)17-13(18)11-7-14-8-12(16-11)15-6-2/h7-10H,5-6H2,1-4H3,(H,15,16)(H,17,18). The molecule has 0 aliphatic rings. The molecule has 0 radical (unpaired) electrons. The van der Waals surface area contributed by atoms with Gasteiger partial charge in [-0.3, -0.25) is 9.78 Å². The lowest BCUT2D eigenvalue weighted by molar-refractivity contribution is 0.0919. The van der Waals surface area contributed by atoms with Crippen molar-refractivity contribution in [3.63, 3.8) is 0 Å². The van der Waals surface area contributed by atoms with Crippen LogP contribution >= 0.6 is 0 Å². The second-order valence-electron chi connectivity index (χ2n) is 4.55. The summed E-state index contributed by atoms with van der Waals surface area (Å²) >= 11 is 0. The molecule has 0 fully saturated rings. The molecular weight excluding hydrogens is 228 g/mol. The van der Waals surface area contributed by atoms with Crippen molar-refractivity contribution in [1.29, 1.82) is 0 Å². The minimum atomic E-state index is -0.164. The fourth-order valence-corrected chi connectivity index (χ4v) is 1.72. The molecule has 0 saturated carbocycles. The van der Waals surface area contributed by atoms with Gasteiger partial charge in [0.2, 0.25) is 0 Å². The number of hydrogen-bond donors (Lipinski definition) is 2. The summed E-state index contributed by atoms with van der Waals surface area (Å²) in [6.07, 6.45) is 4.01. The Balaban J connectivity index is 2.74. The van der Waals surface area contributed by atoms with Crippen molar-refractivity contribution in [3.8, 4) is 0 Å². The van der Waals surface area contributed by atoms with E-state index in [1.165, 1.54) is 6.20 Å². The number of nitrogens with one attached hydrogen (secondary N) is 2. The number of carbonyl (C=O) groups excluding carboxylic acids is 1. The van der Waals surface area contributed by atoms with Gasteiger partial charge >= 0.3 is 0 Å². The van der Waals surface area contributed by atoms with Crippen LogP contribution in [-0.4, -0.2) is 28.5 Å². The molecule has 5 heteroatoms. The molecule has 1 heterocycles. The highest BCUT2D eigenvalue weighted by atomic mass is 16.1. The summed E-state index contributed by atoms with van der Waals surface area (Å²) in [6, 6.07) is 0.169. The minimum Gasteiger partial charge on any atom is -0.369 e. The van der Waals surface area contributed by atoms with E-state index >= 15 is 0 Å². The Morgan fingerprint density at radius 2 is 2.06 bits per heavy atom. The molecule has 1 aromatic heterocycles. The molecule has 100 valence electrons. The monoisotopic (exact) mass is 250 g/mol. The van der Waals surface area contributed by atoms with Gasteiger partial charge < -0.3 is 10.6 Å². The summed E-state index contributed by atoms with van der Waals surface area (Å²) < 4.78 is 0. The second kappa shape index (κ2) is 6.93. The maximum absolute atomic E-state index is 12.0. The normalized spacial score (nSPS) is 12.3. The van der Waals surface area contributed by atoms with Crippen molar-refractivity contribution in [2.24, 2.45) is 5.92 Å². The molecule has 1 atom stereocenters. The molecular formula is C13H22N4O. The van der Waals surface area contributed by atoms with Crippen molar-refractivity contribution >= 4 is 11.7 Å². The van der Waals surface area contributed by atoms with E-state index in [1.807, 2.05) is 6.92 Å². The summed E-state index contributed by atoms with van der Waals surface area (Å²) in [7, 11) is 0. The van der Waals surface area contributed by atoms with E-state index in [4.69, 9.17) is 0 Å². The van der Waals surface area contributed by atoms with Gasteiger partial charge in [0.05, 0.1) is 12.4 Å². The van der Waals surface area contributed by atoms with E-state index < -0.39 is 0 Å². The lowest BCUT2D eigenvalue weighted by Gasteiger charge is -2.20. The summed E-state index contributed by atoms with van der Waals surface area (Å²) in [4.78, 5) is 20.3. The van der Waals surface area contributed by atoms with Gasteiger partial charge in [0.15, 0.2) is 0 Å². The van der Waals surface area contributed by atoms with Gasteiger partial charge in [0, 0.05) is 12.6 Å². The molecule has 2 N–H and O–H groups in total. The van der Waals surface area contributed by atoms with Crippen LogP contribution in [0.15, 0.2) is 12.4 Å². The molecule has 0 saturated heterocycles. The molecule has 1 unspecified atom stereocenters. The van der Waals surface area contributed by atoms with Crippen molar-refractivity contribution in [1.82, 2.24) is 15.3 Å². The Bertz CT molecular complexity index is 392. The van der Waals surface area contributed by atoms with E-state index in [9.17, 15) is 4.79 Å². The average molecular weight is 250 g/mol. The molecule has 1 rings (SSSR count). The topological polar surface area (TPSA) is 66.9 Å². The van der Waals surface area contributed by atoms with Crippen LogP contribution in [0.2, 0.25) is 0 Å². The van der Waals surface area contributed by atoms with Crippen molar-refractivity contribution in [2.45, 2.75) is 40.2 Å². The molecule has 0 aromatic carbocycles. The maximum Gasteiger partial charge on any atom is 0.271 e. The molecule has 0 bridgehead atoms. The smallest absolute Gasteiger partial charge is 0.271 e. The lowest BCUT2D eigenvalue weighted by Crippen LogP contribution is -2.38. The van der Waals surface area contributed by atoms with Crippen LogP contribution < -0.4 is 10.6 Å². The molecule has 5 nitrogen and oxygen atoms in total. The van der Waals surface area contributed by atoms with E-state index in [1.54, 1.807) is 6.20 Å². The predicted molar refractivity (Wildman–Crippen MR) is 72.6 cm³/mol. The Hall–Kier alpha value is -1.65. The molecule has 0 aliphatic heterocycles. The van der Waals surface area contributed by atoms with Crippen molar-refractivity contribution in [3.05, 3.63) is 18.1 Å². The third kappa shape index (κ3) is 3.98. The molecule has 1 aromatic rings. The van der Waals surface area contributed by atoms with Crippen LogP contribution in [-0.2, 0) is 0 Å². The van der Waals surface area contributed by atoms with Gasteiger partial charge in [0.1, 0.15) is 11.5 Å². The first kappa shape index (κ1) is 14.4. The van der Waals surface area contributed by atoms with Gasteiger partial charge in [-0.2, -0.15) is 0 Å². The Labute approximate surface area is 108 Å². The van der Waals surface area contributed by atoms with Gasteiger partial charge in [-0.15, -0.1) is 0 Å². The van der Waals surface area contributed by atoms with Gasteiger partial charge in [0.25, 0.3) is 5.91 Å².